The Morgan fingerprint density at radius 3 is 2.38 bits per heavy atom. The minimum atomic E-state index is -0.388. The van der Waals surface area contributed by atoms with Gasteiger partial charge in [0, 0.05) is 11.3 Å². The van der Waals surface area contributed by atoms with Crippen LogP contribution in [0, 0.1) is 0 Å². The van der Waals surface area contributed by atoms with Gasteiger partial charge in [0.2, 0.25) is 0 Å². The number of anilines is 1. The first kappa shape index (κ1) is 19.3. The summed E-state index contributed by atoms with van der Waals surface area (Å²) in [6.07, 6.45) is 3.35. The highest BCUT2D eigenvalue weighted by Gasteiger charge is 2.09. The summed E-state index contributed by atoms with van der Waals surface area (Å²) < 4.78 is 0. The molecular weight excluding hydrogens is 324 g/mol. The SMILES string of the molecule is C=N/C(C)=C(/C=O)S/C=C(\C=C/C(C)=O)C(=O)Nc1ccccc1. The van der Waals surface area contributed by atoms with Gasteiger partial charge in [-0.05, 0) is 50.3 Å². The summed E-state index contributed by atoms with van der Waals surface area (Å²) in [4.78, 5) is 38.6. The zero-order valence-electron chi connectivity index (χ0n) is 13.5. The van der Waals surface area contributed by atoms with Gasteiger partial charge in [-0.25, -0.2) is 0 Å². The molecule has 124 valence electrons. The third kappa shape index (κ3) is 6.58. The van der Waals surface area contributed by atoms with Crippen LogP contribution in [0.3, 0.4) is 0 Å². The largest absolute Gasteiger partial charge is 0.322 e. The summed E-state index contributed by atoms with van der Waals surface area (Å²) in [7, 11) is 0. The number of nitrogens with zero attached hydrogens (tertiary/aromatic N) is 1. The topological polar surface area (TPSA) is 75.6 Å². The number of thioether (sulfide) groups is 1. The van der Waals surface area contributed by atoms with E-state index in [-0.39, 0.29) is 17.3 Å². The number of para-hydroxylation sites is 1. The van der Waals surface area contributed by atoms with Crippen molar-refractivity contribution in [3.05, 3.63) is 64.1 Å². The van der Waals surface area contributed by atoms with E-state index in [1.165, 1.54) is 24.5 Å². The van der Waals surface area contributed by atoms with Crippen molar-refractivity contribution in [2.24, 2.45) is 4.99 Å². The lowest BCUT2D eigenvalue weighted by Crippen LogP contribution is -2.13. The number of allylic oxidation sites excluding steroid dienone is 3. The van der Waals surface area contributed by atoms with Gasteiger partial charge in [-0.2, -0.15) is 0 Å². The van der Waals surface area contributed by atoms with E-state index in [9.17, 15) is 14.4 Å². The lowest BCUT2D eigenvalue weighted by molar-refractivity contribution is -0.113. The van der Waals surface area contributed by atoms with Gasteiger partial charge in [0.05, 0.1) is 10.6 Å². The molecule has 0 bridgehead atoms. The summed E-state index contributed by atoms with van der Waals surface area (Å²) in [5.41, 5.74) is 1.34. The van der Waals surface area contributed by atoms with Crippen molar-refractivity contribution in [1.29, 1.82) is 0 Å². The summed E-state index contributed by atoms with van der Waals surface area (Å²) in [5, 5.41) is 4.22. The van der Waals surface area contributed by atoms with Gasteiger partial charge < -0.3 is 5.32 Å². The number of aldehydes is 1. The summed E-state index contributed by atoms with van der Waals surface area (Å²) >= 11 is 1.05. The molecule has 0 aliphatic heterocycles. The van der Waals surface area contributed by atoms with Gasteiger partial charge in [0.1, 0.15) is 0 Å². The Balaban J connectivity index is 3.04. The summed E-state index contributed by atoms with van der Waals surface area (Å²) in [6.45, 7) is 6.40. The van der Waals surface area contributed by atoms with Crippen LogP contribution in [0.4, 0.5) is 5.69 Å². The number of benzene rings is 1. The first-order valence-corrected chi connectivity index (χ1v) is 7.90. The number of carbonyl (C=O) groups excluding carboxylic acids is 3. The van der Waals surface area contributed by atoms with E-state index in [2.05, 4.69) is 17.0 Å². The monoisotopic (exact) mass is 342 g/mol. The molecular formula is C18H18N2O3S. The predicted octanol–water partition coefficient (Wildman–Crippen LogP) is 3.52. The molecule has 0 atom stereocenters. The van der Waals surface area contributed by atoms with Crippen LogP contribution in [0.5, 0.6) is 0 Å². The highest BCUT2D eigenvalue weighted by molar-refractivity contribution is 8.06. The van der Waals surface area contributed by atoms with Gasteiger partial charge in [-0.3, -0.25) is 19.4 Å². The average Bonchev–Trinajstić information content (AvgIpc) is 2.58. The second-order valence-corrected chi connectivity index (χ2v) is 5.59. The van der Waals surface area contributed by atoms with Crippen LogP contribution >= 0.6 is 11.8 Å². The van der Waals surface area contributed by atoms with Crippen molar-refractivity contribution in [1.82, 2.24) is 0 Å². The van der Waals surface area contributed by atoms with Crippen molar-refractivity contribution in [2.75, 3.05) is 5.32 Å². The van der Waals surface area contributed by atoms with Gasteiger partial charge in [0.15, 0.2) is 12.1 Å². The van der Waals surface area contributed by atoms with Crippen molar-refractivity contribution in [3.8, 4) is 0 Å². The second-order valence-electron chi connectivity index (χ2n) is 4.68. The molecule has 6 heteroatoms. The number of rotatable bonds is 8. The molecule has 0 aromatic heterocycles. The molecule has 0 aliphatic carbocycles. The van der Waals surface area contributed by atoms with Gasteiger partial charge >= 0.3 is 0 Å². The van der Waals surface area contributed by atoms with Crippen LogP contribution in [0.15, 0.2) is 69.1 Å². The quantitative estimate of drug-likeness (QED) is 0.339. The maximum atomic E-state index is 12.4. The maximum absolute atomic E-state index is 12.4. The standard InChI is InChI=1S/C18H18N2O3S/c1-13(22)9-10-15(12-24-17(11-21)14(2)19-3)18(23)20-16-7-5-4-6-8-16/h4-12H,3H2,1-2H3,(H,20,23)/b10-9-,15-12+,17-14-. The molecule has 1 rings (SSSR count). The number of hydrogen-bond acceptors (Lipinski definition) is 5. The maximum Gasteiger partial charge on any atom is 0.256 e. The zero-order valence-corrected chi connectivity index (χ0v) is 14.3. The summed E-state index contributed by atoms with van der Waals surface area (Å²) in [5.74, 6) is -0.575. The van der Waals surface area contributed by atoms with E-state index in [4.69, 9.17) is 0 Å². The van der Waals surface area contributed by atoms with Crippen LogP contribution in [0.1, 0.15) is 13.8 Å². The van der Waals surface area contributed by atoms with E-state index < -0.39 is 0 Å². The molecule has 5 nitrogen and oxygen atoms in total. The third-order valence-electron chi connectivity index (χ3n) is 2.81. The number of amides is 1. The molecule has 1 aromatic rings. The first-order valence-electron chi connectivity index (χ1n) is 7.02. The van der Waals surface area contributed by atoms with Gasteiger partial charge in [-0.1, -0.05) is 30.0 Å². The Bertz CT molecular complexity index is 719. The van der Waals surface area contributed by atoms with Crippen LogP contribution in [-0.4, -0.2) is 24.7 Å². The molecule has 0 heterocycles. The molecule has 0 fully saturated rings. The molecule has 1 N–H and O–H groups in total. The van der Waals surface area contributed by atoms with E-state index in [0.29, 0.717) is 22.6 Å². The van der Waals surface area contributed by atoms with Crippen LogP contribution in [0.2, 0.25) is 0 Å². The molecule has 1 aromatic carbocycles. The molecule has 0 saturated heterocycles. The highest BCUT2D eigenvalue weighted by atomic mass is 32.2. The molecule has 24 heavy (non-hydrogen) atoms. The smallest absolute Gasteiger partial charge is 0.256 e. The fraction of sp³-hybridized carbons (Fsp3) is 0.111. The van der Waals surface area contributed by atoms with E-state index >= 15 is 0 Å². The molecule has 0 radical (unpaired) electrons. The number of hydrogen-bond donors (Lipinski definition) is 1. The van der Waals surface area contributed by atoms with Crippen LogP contribution in [-0.2, 0) is 14.4 Å². The van der Waals surface area contributed by atoms with Crippen molar-refractivity contribution >= 4 is 42.1 Å². The number of aliphatic imine (C=N–C) groups is 1. The zero-order chi connectivity index (χ0) is 17.9. The minimum Gasteiger partial charge on any atom is -0.322 e. The number of carbonyl (C=O) groups is 3. The summed E-state index contributed by atoms with van der Waals surface area (Å²) in [6, 6.07) is 8.93. The van der Waals surface area contributed by atoms with Crippen molar-refractivity contribution < 1.29 is 14.4 Å². The van der Waals surface area contributed by atoms with E-state index in [0.717, 1.165) is 11.8 Å². The Morgan fingerprint density at radius 2 is 1.83 bits per heavy atom. The van der Waals surface area contributed by atoms with E-state index in [1.807, 2.05) is 6.07 Å². The van der Waals surface area contributed by atoms with Crippen LogP contribution in [0.25, 0.3) is 0 Å². The molecule has 0 saturated carbocycles. The van der Waals surface area contributed by atoms with Gasteiger partial charge in [-0.15, -0.1) is 0 Å². The molecule has 0 unspecified atom stereocenters. The Kier molecular flexibility index (Phi) is 8.15. The molecule has 1 amide bonds. The lowest BCUT2D eigenvalue weighted by atomic mass is 10.2. The predicted molar refractivity (Wildman–Crippen MR) is 98.9 cm³/mol. The van der Waals surface area contributed by atoms with Crippen molar-refractivity contribution in [3.63, 3.8) is 0 Å². The van der Waals surface area contributed by atoms with Crippen LogP contribution < -0.4 is 5.32 Å². The second kappa shape index (κ2) is 10.1. The molecule has 0 spiro atoms. The normalized spacial score (nSPS) is 12.5. The first-order chi connectivity index (χ1) is 11.5. The number of ketones is 1. The average molecular weight is 342 g/mol. The van der Waals surface area contributed by atoms with Crippen molar-refractivity contribution in [2.45, 2.75) is 13.8 Å². The Labute approximate surface area is 145 Å². The Hall–Kier alpha value is -2.73. The Morgan fingerprint density at radius 1 is 1.17 bits per heavy atom. The highest BCUT2D eigenvalue weighted by Crippen LogP contribution is 2.22. The van der Waals surface area contributed by atoms with Gasteiger partial charge in [0.25, 0.3) is 5.91 Å². The van der Waals surface area contributed by atoms with E-state index in [1.54, 1.807) is 31.2 Å². The lowest BCUT2D eigenvalue weighted by Gasteiger charge is -2.06. The number of nitrogens with one attached hydrogen (secondary N) is 1. The third-order valence-corrected chi connectivity index (χ3v) is 3.82. The fourth-order valence-electron chi connectivity index (χ4n) is 1.50. The fourth-order valence-corrected chi connectivity index (χ4v) is 2.23. The minimum absolute atomic E-state index is 0.187. The molecule has 0 aliphatic rings.